The Kier molecular flexibility index (Phi) is 6.33. The average Bonchev–Trinajstić information content (AvgIpc) is 2.58. The lowest BCUT2D eigenvalue weighted by Crippen LogP contribution is -2.49. The third kappa shape index (κ3) is 5.74. The van der Waals surface area contributed by atoms with Gasteiger partial charge in [0.2, 0.25) is 10.0 Å². The van der Waals surface area contributed by atoms with Crippen LogP contribution in [-0.4, -0.2) is 56.4 Å². The second-order valence-corrected chi connectivity index (χ2v) is 9.78. The summed E-state index contributed by atoms with van der Waals surface area (Å²) in [5, 5.41) is 0. The number of piperidine rings is 1. The Morgan fingerprint density at radius 1 is 1.35 bits per heavy atom. The van der Waals surface area contributed by atoms with Gasteiger partial charge in [-0.1, -0.05) is 6.07 Å². The fraction of sp³-hybridized carbons (Fsp3) is 0.737. The van der Waals surface area contributed by atoms with Gasteiger partial charge in [-0.15, -0.1) is 0 Å². The molecule has 0 saturated carbocycles. The lowest BCUT2D eigenvalue weighted by Gasteiger charge is -2.46. The summed E-state index contributed by atoms with van der Waals surface area (Å²) >= 11 is 0. The number of nitrogens with one attached hydrogen (secondary N) is 1. The van der Waals surface area contributed by atoms with Crippen LogP contribution in [0.3, 0.4) is 0 Å². The van der Waals surface area contributed by atoms with E-state index >= 15 is 0 Å². The van der Waals surface area contributed by atoms with E-state index in [-0.39, 0.29) is 5.60 Å². The van der Waals surface area contributed by atoms with Crippen molar-refractivity contribution in [3.05, 3.63) is 29.6 Å². The van der Waals surface area contributed by atoms with Crippen LogP contribution >= 0.6 is 0 Å². The van der Waals surface area contributed by atoms with Crippen molar-refractivity contribution in [2.24, 2.45) is 5.92 Å². The molecule has 0 radical (unpaired) electrons. The number of pyridine rings is 1. The molecule has 1 spiro atoms. The molecule has 6 nitrogen and oxygen atoms in total. The van der Waals surface area contributed by atoms with E-state index in [1.54, 1.807) is 0 Å². The minimum absolute atomic E-state index is 0.00872. The van der Waals surface area contributed by atoms with Gasteiger partial charge in [0.25, 0.3) is 0 Å². The molecule has 1 unspecified atom stereocenters. The number of hydrogen-bond acceptors (Lipinski definition) is 5. The Bertz CT molecular complexity index is 682. The number of rotatable bonds is 6. The maximum Gasteiger partial charge on any atom is 0.208 e. The maximum absolute atomic E-state index is 11.2. The number of hydrogen-bond donors (Lipinski definition) is 1. The summed E-state index contributed by atoms with van der Waals surface area (Å²) in [6, 6.07) is 4.23. The number of ether oxygens (including phenoxy) is 1. The fourth-order valence-electron chi connectivity index (χ4n) is 4.11. The number of nitrogens with zero attached hydrogens (tertiary/aromatic N) is 2. The third-order valence-corrected chi connectivity index (χ3v) is 6.37. The molecule has 2 aliphatic rings. The molecule has 3 rings (SSSR count). The van der Waals surface area contributed by atoms with Gasteiger partial charge in [-0.3, -0.25) is 9.88 Å². The topological polar surface area (TPSA) is 71.5 Å². The van der Waals surface area contributed by atoms with Crippen LogP contribution in [0.5, 0.6) is 0 Å². The molecule has 1 aromatic rings. The van der Waals surface area contributed by atoms with E-state index in [0.717, 1.165) is 64.0 Å². The Balaban J connectivity index is 1.47. The smallest absolute Gasteiger partial charge is 0.208 e. The van der Waals surface area contributed by atoms with E-state index in [9.17, 15) is 8.42 Å². The minimum Gasteiger partial charge on any atom is -0.375 e. The molecular formula is C19H31N3O3S. The quantitative estimate of drug-likeness (QED) is 0.817. The Hall–Kier alpha value is -1.02. The predicted octanol–water partition coefficient (Wildman–Crippen LogP) is 2.09. The molecule has 1 atom stereocenters. The van der Waals surface area contributed by atoms with E-state index in [4.69, 9.17) is 4.74 Å². The van der Waals surface area contributed by atoms with Crippen LogP contribution in [-0.2, 0) is 21.3 Å². The average molecular weight is 382 g/mol. The van der Waals surface area contributed by atoms with Gasteiger partial charge in [0.05, 0.1) is 17.6 Å². The first-order chi connectivity index (χ1) is 12.3. The summed E-state index contributed by atoms with van der Waals surface area (Å²) in [5.74, 6) is 0.545. The van der Waals surface area contributed by atoms with E-state index in [1.165, 1.54) is 11.8 Å². The summed E-state index contributed by atoms with van der Waals surface area (Å²) in [4.78, 5) is 6.97. The molecule has 7 heteroatoms. The summed E-state index contributed by atoms with van der Waals surface area (Å²) in [5.41, 5.74) is 2.31. The van der Waals surface area contributed by atoms with Crippen LogP contribution in [0.2, 0.25) is 0 Å². The largest absolute Gasteiger partial charge is 0.375 e. The van der Waals surface area contributed by atoms with Gasteiger partial charge in [0.15, 0.2) is 0 Å². The maximum atomic E-state index is 11.2. The van der Waals surface area contributed by atoms with Gasteiger partial charge in [-0.25, -0.2) is 13.1 Å². The lowest BCUT2D eigenvalue weighted by molar-refractivity contribution is -0.128. The summed E-state index contributed by atoms with van der Waals surface area (Å²) in [7, 11) is -3.09. The summed E-state index contributed by atoms with van der Waals surface area (Å²) in [6.45, 7) is 6.35. The SMILES string of the molecule is Cc1ccc(CN2CCC3(CC2)CC(CCNS(C)(=O)=O)CCO3)nc1. The van der Waals surface area contributed by atoms with Crippen molar-refractivity contribution in [3.63, 3.8) is 0 Å². The van der Waals surface area contributed by atoms with Crippen molar-refractivity contribution in [2.75, 3.05) is 32.5 Å². The van der Waals surface area contributed by atoms with E-state index in [1.807, 2.05) is 6.20 Å². The number of likely N-dealkylation sites (tertiary alicyclic amines) is 1. The molecule has 2 saturated heterocycles. The van der Waals surface area contributed by atoms with Crippen molar-refractivity contribution in [1.82, 2.24) is 14.6 Å². The normalized spacial score (nSPS) is 24.0. The first kappa shape index (κ1) is 19.7. The molecule has 1 N–H and O–H groups in total. The highest BCUT2D eigenvalue weighted by atomic mass is 32.2. The van der Waals surface area contributed by atoms with Gasteiger partial charge < -0.3 is 4.74 Å². The molecule has 0 aromatic carbocycles. The van der Waals surface area contributed by atoms with E-state index in [0.29, 0.717) is 12.5 Å². The molecule has 1 aromatic heterocycles. The molecular weight excluding hydrogens is 350 g/mol. The highest BCUT2D eigenvalue weighted by molar-refractivity contribution is 7.88. The predicted molar refractivity (Wildman–Crippen MR) is 102 cm³/mol. The monoisotopic (exact) mass is 381 g/mol. The van der Waals surface area contributed by atoms with E-state index < -0.39 is 10.0 Å². The van der Waals surface area contributed by atoms with Crippen molar-refractivity contribution in [2.45, 2.75) is 51.2 Å². The first-order valence-electron chi connectivity index (χ1n) is 9.56. The Morgan fingerprint density at radius 2 is 2.12 bits per heavy atom. The molecule has 0 amide bonds. The standard InChI is InChI=1S/C19H31N3O3S/c1-16-3-4-18(20-14-16)15-22-10-7-19(8-11-22)13-17(6-12-25-19)5-9-21-26(2,23)24/h3-4,14,17,21H,5-13,15H2,1-2H3. The van der Waals surface area contributed by atoms with Gasteiger partial charge in [0, 0.05) is 39.0 Å². The number of aryl methyl sites for hydroxylation is 1. The fourth-order valence-corrected chi connectivity index (χ4v) is 4.60. The van der Waals surface area contributed by atoms with Gasteiger partial charge in [-0.2, -0.15) is 0 Å². The Labute approximate surface area is 157 Å². The van der Waals surface area contributed by atoms with Crippen LogP contribution in [0, 0.1) is 12.8 Å². The molecule has 2 fully saturated rings. The summed E-state index contributed by atoms with van der Waals surface area (Å²) < 4.78 is 31.3. The second kappa shape index (κ2) is 8.33. The van der Waals surface area contributed by atoms with Crippen molar-refractivity contribution in [1.29, 1.82) is 0 Å². The van der Waals surface area contributed by atoms with E-state index in [2.05, 4.69) is 33.7 Å². The number of sulfonamides is 1. The molecule has 2 aliphatic heterocycles. The van der Waals surface area contributed by atoms with Crippen molar-refractivity contribution in [3.8, 4) is 0 Å². The first-order valence-corrected chi connectivity index (χ1v) is 11.5. The second-order valence-electron chi connectivity index (χ2n) is 7.95. The minimum atomic E-state index is -3.09. The Morgan fingerprint density at radius 3 is 2.77 bits per heavy atom. The van der Waals surface area contributed by atoms with Crippen LogP contribution in [0.25, 0.3) is 0 Å². The van der Waals surface area contributed by atoms with Crippen LogP contribution in [0.4, 0.5) is 0 Å². The molecule has 146 valence electrons. The highest BCUT2D eigenvalue weighted by Gasteiger charge is 2.40. The zero-order valence-corrected chi connectivity index (χ0v) is 16.7. The van der Waals surface area contributed by atoms with Gasteiger partial charge in [0.1, 0.15) is 0 Å². The molecule has 3 heterocycles. The molecule has 0 bridgehead atoms. The van der Waals surface area contributed by atoms with Crippen molar-refractivity contribution < 1.29 is 13.2 Å². The summed E-state index contributed by atoms with van der Waals surface area (Å²) in [6.07, 6.45) is 8.23. The molecule has 0 aliphatic carbocycles. The van der Waals surface area contributed by atoms with Crippen LogP contribution < -0.4 is 4.72 Å². The van der Waals surface area contributed by atoms with Crippen LogP contribution in [0.1, 0.15) is 43.4 Å². The zero-order chi connectivity index (χ0) is 18.6. The third-order valence-electron chi connectivity index (χ3n) is 5.64. The van der Waals surface area contributed by atoms with Gasteiger partial charge >= 0.3 is 0 Å². The number of aromatic nitrogens is 1. The lowest BCUT2D eigenvalue weighted by atomic mass is 9.78. The van der Waals surface area contributed by atoms with Gasteiger partial charge in [-0.05, 0) is 56.6 Å². The van der Waals surface area contributed by atoms with Crippen LogP contribution in [0.15, 0.2) is 18.3 Å². The zero-order valence-electron chi connectivity index (χ0n) is 15.9. The highest BCUT2D eigenvalue weighted by Crippen LogP contribution is 2.38. The van der Waals surface area contributed by atoms with Crippen molar-refractivity contribution >= 4 is 10.0 Å². The molecule has 26 heavy (non-hydrogen) atoms.